The number of piperidine rings is 1. The van der Waals surface area contributed by atoms with E-state index in [1.54, 1.807) is 7.11 Å². The zero-order valence-corrected chi connectivity index (χ0v) is 16.7. The second kappa shape index (κ2) is 9.09. The van der Waals surface area contributed by atoms with Crippen LogP contribution in [0.4, 0.5) is 0 Å². The molecular weight excluding hydrogens is 338 g/mol. The highest BCUT2D eigenvalue weighted by atomic mass is 16.5. The molecule has 0 bridgehead atoms. The van der Waals surface area contributed by atoms with E-state index >= 15 is 0 Å². The number of methoxy groups -OCH3 is 1. The number of ether oxygens (including phenoxy) is 1. The lowest BCUT2D eigenvalue weighted by Gasteiger charge is -2.34. The highest BCUT2D eigenvalue weighted by molar-refractivity contribution is 5.95. The molecule has 5 heteroatoms. The molecule has 146 valence electrons. The van der Waals surface area contributed by atoms with Crippen LogP contribution in [0.5, 0.6) is 5.75 Å². The minimum absolute atomic E-state index is 0.121. The van der Waals surface area contributed by atoms with E-state index in [4.69, 9.17) is 4.74 Å². The lowest BCUT2D eigenvalue weighted by atomic mass is 9.95. The van der Waals surface area contributed by atoms with Crippen LogP contribution in [-0.4, -0.2) is 61.0 Å². The minimum atomic E-state index is 0.121. The molecule has 5 nitrogen and oxygen atoms in total. The summed E-state index contributed by atoms with van der Waals surface area (Å²) in [5.74, 6) is 1.62. The largest absolute Gasteiger partial charge is 0.497 e. The van der Waals surface area contributed by atoms with Crippen LogP contribution in [0.3, 0.4) is 0 Å². The van der Waals surface area contributed by atoms with Crippen LogP contribution in [0.25, 0.3) is 0 Å². The number of hydrogen-bond acceptors (Lipinski definition) is 3. The maximum absolute atomic E-state index is 12.6. The van der Waals surface area contributed by atoms with E-state index in [0.717, 1.165) is 62.4 Å². The summed E-state index contributed by atoms with van der Waals surface area (Å²) >= 11 is 0. The quantitative estimate of drug-likeness (QED) is 0.814. The van der Waals surface area contributed by atoms with Crippen molar-refractivity contribution in [3.63, 3.8) is 0 Å². The van der Waals surface area contributed by atoms with Crippen molar-refractivity contribution < 1.29 is 9.53 Å². The molecule has 2 aromatic rings. The maximum atomic E-state index is 12.6. The van der Waals surface area contributed by atoms with Gasteiger partial charge in [0.05, 0.1) is 12.7 Å². The zero-order valence-electron chi connectivity index (χ0n) is 16.7. The van der Waals surface area contributed by atoms with Gasteiger partial charge < -0.3 is 19.5 Å². The molecule has 1 N–H and O–H groups in total. The molecule has 1 fully saturated rings. The number of aryl methyl sites for hydroxylation is 1. The maximum Gasteiger partial charge on any atom is 0.255 e. The van der Waals surface area contributed by atoms with Crippen molar-refractivity contribution in [1.82, 2.24) is 14.8 Å². The summed E-state index contributed by atoms with van der Waals surface area (Å²) in [4.78, 5) is 20.1. The van der Waals surface area contributed by atoms with Crippen molar-refractivity contribution >= 4 is 5.91 Å². The molecule has 27 heavy (non-hydrogen) atoms. The first-order valence-corrected chi connectivity index (χ1v) is 9.81. The van der Waals surface area contributed by atoms with Gasteiger partial charge in [-0.15, -0.1) is 0 Å². The van der Waals surface area contributed by atoms with E-state index < -0.39 is 0 Å². The fourth-order valence-corrected chi connectivity index (χ4v) is 3.83. The van der Waals surface area contributed by atoms with Gasteiger partial charge in [0, 0.05) is 32.0 Å². The number of carbonyl (C=O) groups excluding carboxylic acids is 1. The van der Waals surface area contributed by atoms with Crippen molar-refractivity contribution in [1.29, 1.82) is 0 Å². The van der Waals surface area contributed by atoms with Crippen LogP contribution in [0.1, 0.15) is 34.5 Å². The molecule has 0 radical (unpaired) electrons. The number of hydrogen-bond donors (Lipinski definition) is 1. The van der Waals surface area contributed by atoms with Crippen LogP contribution < -0.4 is 4.74 Å². The van der Waals surface area contributed by atoms with Gasteiger partial charge in [-0.3, -0.25) is 4.79 Å². The second-order valence-electron chi connectivity index (χ2n) is 7.59. The Morgan fingerprint density at radius 3 is 2.52 bits per heavy atom. The third kappa shape index (κ3) is 5.13. The molecule has 1 aliphatic heterocycles. The van der Waals surface area contributed by atoms with Crippen molar-refractivity contribution in [3.8, 4) is 5.75 Å². The Morgan fingerprint density at radius 2 is 1.93 bits per heavy atom. The number of carbonyl (C=O) groups is 1. The van der Waals surface area contributed by atoms with E-state index in [2.05, 4.69) is 22.0 Å². The first-order valence-electron chi connectivity index (χ1n) is 9.81. The van der Waals surface area contributed by atoms with Gasteiger partial charge in [-0.1, -0.05) is 12.1 Å². The highest BCUT2D eigenvalue weighted by Gasteiger charge is 2.23. The number of nitrogens with zero attached hydrogens (tertiary/aromatic N) is 2. The van der Waals surface area contributed by atoms with Crippen molar-refractivity contribution in [3.05, 3.63) is 53.3 Å². The minimum Gasteiger partial charge on any atom is -0.497 e. The third-order valence-electron chi connectivity index (χ3n) is 5.65. The molecule has 1 amide bonds. The molecule has 3 rings (SSSR count). The van der Waals surface area contributed by atoms with Crippen LogP contribution in [0, 0.1) is 12.8 Å². The first-order chi connectivity index (χ1) is 13.1. The van der Waals surface area contributed by atoms with E-state index in [1.807, 2.05) is 43.3 Å². The lowest BCUT2D eigenvalue weighted by Crippen LogP contribution is -2.40. The standard InChI is InChI=1S/C22H31N3O2/c1-17-21(8-12-23-17)22(26)24(2)16-19-10-14-25(15-11-19)13-9-18-4-6-20(27-3)7-5-18/h4-8,12,19,23H,9-11,13-16H2,1-3H3. The first kappa shape index (κ1) is 19.5. The third-order valence-corrected chi connectivity index (χ3v) is 5.65. The van der Waals surface area contributed by atoms with Gasteiger partial charge in [0.15, 0.2) is 0 Å². The SMILES string of the molecule is COc1ccc(CCN2CCC(CN(C)C(=O)c3cc[nH]c3C)CC2)cc1. The Labute approximate surface area is 162 Å². The Bertz CT molecular complexity index is 730. The molecule has 0 atom stereocenters. The number of aromatic nitrogens is 1. The summed E-state index contributed by atoms with van der Waals surface area (Å²) in [5, 5.41) is 0. The average Bonchev–Trinajstić information content (AvgIpc) is 3.13. The monoisotopic (exact) mass is 369 g/mol. The smallest absolute Gasteiger partial charge is 0.255 e. The second-order valence-corrected chi connectivity index (χ2v) is 7.59. The summed E-state index contributed by atoms with van der Waals surface area (Å²) in [6, 6.07) is 10.2. The van der Waals surface area contributed by atoms with Gasteiger partial charge in [-0.05, 0) is 69.0 Å². The number of H-pyrrole nitrogens is 1. The molecule has 2 heterocycles. The van der Waals surface area contributed by atoms with Crippen molar-refractivity contribution in [2.24, 2.45) is 5.92 Å². The number of rotatable bonds is 7. The molecule has 1 saturated heterocycles. The number of aromatic amines is 1. The zero-order chi connectivity index (χ0) is 19.2. The number of amides is 1. The van der Waals surface area contributed by atoms with E-state index in [9.17, 15) is 4.79 Å². The Kier molecular flexibility index (Phi) is 6.56. The summed E-state index contributed by atoms with van der Waals surface area (Å²) in [7, 11) is 3.62. The Hall–Kier alpha value is -2.27. The van der Waals surface area contributed by atoms with Crippen molar-refractivity contribution in [2.45, 2.75) is 26.2 Å². The molecule has 0 spiro atoms. The van der Waals surface area contributed by atoms with Gasteiger partial charge in [0.2, 0.25) is 0 Å². The van der Waals surface area contributed by atoms with Gasteiger partial charge in [0.1, 0.15) is 5.75 Å². The average molecular weight is 370 g/mol. The summed E-state index contributed by atoms with van der Waals surface area (Å²) < 4.78 is 5.21. The number of nitrogens with one attached hydrogen (secondary N) is 1. The van der Waals surface area contributed by atoms with E-state index in [0.29, 0.717) is 5.92 Å². The molecule has 0 unspecified atom stereocenters. The van der Waals surface area contributed by atoms with Gasteiger partial charge in [0.25, 0.3) is 5.91 Å². The fourth-order valence-electron chi connectivity index (χ4n) is 3.83. The molecule has 1 aromatic carbocycles. The molecule has 0 aliphatic carbocycles. The number of benzene rings is 1. The van der Waals surface area contributed by atoms with Gasteiger partial charge in [-0.2, -0.15) is 0 Å². The predicted octanol–water partition coefficient (Wildman–Crippen LogP) is 3.36. The Morgan fingerprint density at radius 1 is 1.22 bits per heavy atom. The van der Waals surface area contributed by atoms with Gasteiger partial charge >= 0.3 is 0 Å². The van der Waals surface area contributed by atoms with E-state index in [-0.39, 0.29) is 5.91 Å². The molecule has 1 aromatic heterocycles. The van der Waals surface area contributed by atoms with Gasteiger partial charge in [-0.25, -0.2) is 0 Å². The predicted molar refractivity (Wildman–Crippen MR) is 108 cm³/mol. The van der Waals surface area contributed by atoms with Crippen LogP contribution >= 0.6 is 0 Å². The highest BCUT2D eigenvalue weighted by Crippen LogP contribution is 2.20. The molecule has 1 aliphatic rings. The molecular formula is C22H31N3O2. The Balaban J connectivity index is 1.40. The normalized spacial score (nSPS) is 15.7. The van der Waals surface area contributed by atoms with E-state index in [1.165, 1.54) is 5.56 Å². The number of likely N-dealkylation sites (tertiary alicyclic amines) is 1. The topological polar surface area (TPSA) is 48.6 Å². The van der Waals surface area contributed by atoms with Crippen LogP contribution in [0.15, 0.2) is 36.5 Å². The lowest BCUT2D eigenvalue weighted by molar-refractivity contribution is 0.0740. The summed E-state index contributed by atoms with van der Waals surface area (Å²) in [5.41, 5.74) is 3.08. The summed E-state index contributed by atoms with van der Waals surface area (Å²) in [6.45, 7) is 6.12. The van der Waals surface area contributed by atoms with Crippen LogP contribution in [0.2, 0.25) is 0 Å². The van der Waals surface area contributed by atoms with Crippen LogP contribution in [-0.2, 0) is 6.42 Å². The fraction of sp³-hybridized carbons (Fsp3) is 0.500. The molecule has 0 saturated carbocycles. The van der Waals surface area contributed by atoms with Crippen molar-refractivity contribution in [2.75, 3.05) is 40.3 Å². The summed E-state index contributed by atoms with van der Waals surface area (Å²) in [6.07, 6.45) is 5.22.